The molecule has 150 valence electrons. The number of imidazole rings is 1. The fourth-order valence-electron chi connectivity index (χ4n) is 3.35. The summed E-state index contributed by atoms with van der Waals surface area (Å²) >= 11 is 3.21. The lowest BCUT2D eigenvalue weighted by molar-refractivity contribution is -0.129. The minimum atomic E-state index is 0.0327. The average Bonchev–Trinajstić information content (AvgIpc) is 3.52. The molecule has 0 aliphatic heterocycles. The van der Waals surface area contributed by atoms with Crippen LogP contribution in [0.5, 0.6) is 0 Å². The molecule has 0 aliphatic rings. The van der Waals surface area contributed by atoms with Crippen LogP contribution in [0.4, 0.5) is 0 Å². The van der Waals surface area contributed by atoms with Gasteiger partial charge in [-0.05, 0) is 23.6 Å². The van der Waals surface area contributed by atoms with Crippen molar-refractivity contribution in [3.63, 3.8) is 0 Å². The molecule has 6 nitrogen and oxygen atoms in total. The molecule has 4 heterocycles. The number of likely N-dealkylation sites (N-methyl/N-ethyl adjacent to an activating group) is 1. The molecule has 0 saturated heterocycles. The van der Waals surface area contributed by atoms with Crippen molar-refractivity contribution in [2.24, 2.45) is 0 Å². The number of thiazole rings is 1. The van der Waals surface area contributed by atoms with Crippen LogP contribution in [0.25, 0.3) is 21.2 Å². The zero-order valence-electron chi connectivity index (χ0n) is 16.3. The van der Waals surface area contributed by atoms with Gasteiger partial charge >= 0.3 is 0 Å². The Bertz CT molecular complexity index is 1260. The summed E-state index contributed by atoms with van der Waals surface area (Å²) in [5, 5.41) is 8.84. The summed E-state index contributed by atoms with van der Waals surface area (Å²) in [5.74, 6) is 0.0327. The largest absolute Gasteiger partial charge is 0.341 e. The van der Waals surface area contributed by atoms with E-state index in [1.165, 1.54) is 0 Å². The molecule has 5 aromatic rings. The van der Waals surface area contributed by atoms with Gasteiger partial charge in [-0.3, -0.25) is 9.20 Å². The Balaban J connectivity index is 1.39. The Labute approximate surface area is 181 Å². The fraction of sp³-hybridized carbons (Fsp3) is 0.136. The maximum Gasteiger partial charge on any atom is 0.228 e. The number of nitrogens with zero attached hydrogens (tertiary/aromatic N) is 5. The lowest BCUT2D eigenvalue weighted by Crippen LogP contribution is -2.27. The van der Waals surface area contributed by atoms with Gasteiger partial charge in [-0.2, -0.15) is 5.10 Å². The highest BCUT2D eigenvalue weighted by molar-refractivity contribution is 7.15. The quantitative estimate of drug-likeness (QED) is 0.396. The SMILES string of the molecule is CN(Cc1cn(-c2ccccc2)nc1-c1cccs1)C(=O)Cc1cn2ccsc2n1. The summed E-state index contributed by atoms with van der Waals surface area (Å²) in [4.78, 5) is 21.1. The molecule has 8 heteroatoms. The van der Waals surface area contributed by atoms with Crippen molar-refractivity contribution in [1.29, 1.82) is 0 Å². The first-order valence-corrected chi connectivity index (χ1v) is 11.3. The highest BCUT2D eigenvalue weighted by Crippen LogP contribution is 2.28. The molecule has 1 aromatic carbocycles. The molecule has 5 rings (SSSR count). The molecule has 0 radical (unpaired) electrons. The normalized spacial score (nSPS) is 11.2. The first-order valence-electron chi connectivity index (χ1n) is 9.50. The van der Waals surface area contributed by atoms with Gasteiger partial charge in [-0.15, -0.1) is 22.7 Å². The van der Waals surface area contributed by atoms with Crippen LogP contribution in [-0.2, 0) is 17.8 Å². The molecule has 0 fully saturated rings. The maximum absolute atomic E-state index is 12.8. The lowest BCUT2D eigenvalue weighted by atomic mass is 10.2. The number of rotatable bonds is 6. The smallest absolute Gasteiger partial charge is 0.228 e. The number of para-hydroxylation sites is 1. The van der Waals surface area contributed by atoms with Crippen LogP contribution in [0.15, 0.2) is 71.8 Å². The van der Waals surface area contributed by atoms with Crippen LogP contribution in [0.1, 0.15) is 11.3 Å². The van der Waals surface area contributed by atoms with Crippen molar-refractivity contribution in [3.8, 4) is 16.3 Å². The van der Waals surface area contributed by atoms with Crippen LogP contribution in [0.3, 0.4) is 0 Å². The van der Waals surface area contributed by atoms with E-state index in [0.717, 1.165) is 32.5 Å². The summed E-state index contributed by atoms with van der Waals surface area (Å²) < 4.78 is 3.83. The third-order valence-corrected chi connectivity index (χ3v) is 6.52. The summed E-state index contributed by atoms with van der Waals surface area (Å²) in [7, 11) is 1.83. The van der Waals surface area contributed by atoms with E-state index in [1.54, 1.807) is 27.6 Å². The molecule has 0 bridgehead atoms. The van der Waals surface area contributed by atoms with Crippen LogP contribution >= 0.6 is 22.7 Å². The second-order valence-electron chi connectivity index (χ2n) is 7.01. The van der Waals surface area contributed by atoms with Gasteiger partial charge in [0, 0.05) is 43.1 Å². The van der Waals surface area contributed by atoms with Crippen molar-refractivity contribution in [2.75, 3.05) is 7.05 Å². The number of fused-ring (bicyclic) bond motifs is 1. The number of amides is 1. The molecular weight excluding hydrogens is 414 g/mol. The number of carbonyl (C=O) groups is 1. The highest BCUT2D eigenvalue weighted by atomic mass is 32.1. The van der Waals surface area contributed by atoms with E-state index >= 15 is 0 Å². The van der Waals surface area contributed by atoms with Crippen LogP contribution in [-0.4, -0.2) is 37.0 Å². The number of hydrogen-bond acceptors (Lipinski definition) is 5. The van der Waals surface area contributed by atoms with Gasteiger partial charge < -0.3 is 4.90 Å². The fourth-order valence-corrected chi connectivity index (χ4v) is 4.82. The van der Waals surface area contributed by atoms with Crippen molar-refractivity contribution < 1.29 is 4.79 Å². The van der Waals surface area contributed by atoms with E-state index in [0.29, 0.717) is 6.54 Å². The molecule has 0 aliphatic carbocycles. The number of carbonyl (C=O) groups excluding carboxylic acids is 1. The van der Waals surface area contributed by atoms with E-state index in [2.05, 4.69) is 11.1 Å². The molecule has 0 saturated carbocycles. The van der Waals surface area contributed by atoms with Crippen LogP contribution < -0.4 is 0 Å². The molecule has 30 heavy (non-hydrogen) atoms. The molecular formula is C22H19N5OS2. The van der Waals surface area contributed by atoms with Gasteiger partial charge in [0.1, 0.15) is 5.69 Å². The monoisotopic (exact) mass is 433 g/mol. The first kappa shape index (κ1) is 18.8. The predicted octanol–water partition coefficient (Wildman–Crippen LogP) is 4.51. The van der Waals surface area contributed by atoms with Gasteiger partial charge in [0.25, 0.3) is 0 Å². The summed E-state index contributed by atoms with van der Waals surface area (Å²) in [6.45, 7) is 0.487. The summed E-state index contributed by atoms with van der Waals surface area (Å²) in [5.41, 5.74) is 3.71. The third-order valence-electron chi connectivity index (χ3n) is 4.87. The third kappa shape index (κ3) is 3.67. The molecule has 0 unspecified atom stereocenters. The van der Waals surface area contributed by atoms with E-state index in [9.17, 15) is 4.79 Å². The van der Waals surface area contributed by atoms with Crippen molar-refractivity contribution >= 4 is 33.5 Å². The van der Waals surface area contributed by atoms with E-state index in [1.807, 2.05) is 81.9 Å². The maximum atomic E-state index is 12.8. The molecule has 0 N–H and O–H groups in total. The number of hydrogen-bond donors (Lipinski definition) is 0. The Hall–Kier alpha value is -3.23. The first-order chi connectivity index (χ1) is 14.7. The molecule has 4 aromatic heterocycles. The molecule has 1 amide bonds. The molecule has 0 spiro atoms. The van der Waals surface area contributed by atoms with Gasteiger partial charge in [0.2, 0.25) is 5.91 Å². The van der Waals surface area contributed by atoms with Gasteiger partial charge in [-0.25, -0.2) is 9.67 Å². The Morgan fingerprint density at radius 3 is 2.70 bits per heavy atom. The van der Waals surface area contributed by atoms with E-state index < -0.39 is 0 Å². The van der Waals surface area contributed by atoms with E-state index in [-0.39, 0.29) is 12.3 Å². The zero-order chi connectivity index (χ0) is 20.5. The van der Waals surface area contributed by atoms with Crippen molar-refractivity contribution in [3.05, 3.63) is 83.1 Å². The number of benzene rings is 1. The minimum absolute atomic E-state index is 0.0327. The van der Waals surface area contributed by atoms with Gasteiger partial charge in [0.05, 0.1) is 22.7 Å². The zero-order valence-corrected chi connectivity index (χ0v) is 17.9. The summed E-state index contributed by atoms with van der Waals surface area (Å²) in [6.07, 6.45) is 6.17. The van der Waals surface area contributed by atoms with E-state index in [4.69, 9.17) is 5.10 Å². The minimum Gasteiger partial charge on any atom is -0.341 e. The summed E-state index contributed by atoms with van der Waals surface area (Å²) in [6, 6.07) is 14.1. The molecule has 0 atom stereocenters. The Kier molecular flexibility index (Phi) is 4.94. The number of aromatic nitrogens is 4. The second kappa shape index (κ2) is 7.89. The standard InChI is InChI=1S/C22H19N5OS2/c1-25(20(28)12-17-15-26-9-11-30-22(26)23-17)13-16-14-27(18-6-3-2-4-7-18)24-21(16)19-8-5-10-29-19/h2-11,14-15H,12-13H2,1H3. The lowest BCUT2D eigenvalue weighted by Gasteiger charge is -2.16. The van der Waals surface area contributed by atoms with Gasteiger partial charge in [-0.1, -0.05) is 24.3 Å². The predicted molar refractivity (Wildman–Crippen MR) is 120 cm³/mol. The van der Waals surface area contributed by atoms with Gasteiger partial charge in [0.15, 0.2) is 4.96 Å². The Morgan fingerprint density at radius 2 is 1.93 bits per heavy atom. The Morgan fingerprint density at radius 1 is 1.07 bits per heavy atom. The van der Waals surface area contributed by atoms with Crippen molar-refractivity contribution in [1.82, 2.24) is 24.1 Å². The van der Waals surface area contributed by atoms with Crippen LogP contribution in [0, 0.1) is 0 Å². The second-order valence-corrected chi connectivity index (χ2v) is 8.83. The average molecular weight is 434 g/mol. The van der Waals surface area contributed by atoms with Crippen LogP contribution in [0.2, 0.25) is 0 Å². The topological polar surface area (TPSA) is 55.4 Å². The number of thiophene rings is 1. The van der Waals surface area contributed by atoms with Crippen molar-refractivity contribution in [2.45, 2.75) is 13.0 Å². The highest BCUT2D eigenvalue weighted by Gasteiger charge is 2.18.